The molecule has 2 saturated heterocycles. The number of carbonyl (C=O) groups excluding carboxylic acids is 2. The number of hydrogen-bond donors (Lipinski definition) is 0. The molecule has 0 radical (unpaired) electrons. The lowest BCUT2D eigenvalue weighted by molar-refractivity contribution is -0.144. The summed E-state index contributed by atoms with van der Waals surface area (Å²) in [7, 11) is 3.92. The van der Waals surface area contributed by atoms with Gasteiger partial charge in [0, 0.05) is 49.1 Å². The topological polar surface area (TPSA) is 43.9 Å². The van der Waals surface area contributed by atoms with Gasteiger partial charge in [-0.05, 0) is 79.1 Å². The van der Waals surface area contributed by atoms with Gasteiger partial charge in [0.2, 0.25) is 5.91 Å². The molecule has 2 amide bonds. The lowest BCUT2D eigenvalue weighted by Crippen LogP contribution is -2.67. The van der Waals surface area contributed by atoms with E-state index in [9.17, 15) is 14.0 Å². The van der Waals surface area contributed by atoms with Crippen molar-refractivity contribution in [2.24, 2.45) is 5.41 Å². The van der Waals surface area contributed by atoms with Crippen LogP contribution in [0.5, 0.6) is 0 Å². The van der Waals surface area contributed by atoms with Crippen LogP contribution in [0.4, 0.5) is 15.8 Å². The zero-order chi connectivity index (χ0) is 24.7. The molecule has 2 aliphatic rings. The number of hydrogen-bond acceptors (Lipinski definition) is 3. The number of amides is 2. The Hall–Kier alpha value is -3.38. The molecule has 35 heavy (non-hydrogen) atoms. The average molecular weight is 492 g/mol. The maximum Gasteiger partial charge on any atom is 0.253 e. The van der Waals surface area contributed by atoms with E-state index in [1.165, 1.54) is 12.1 Å². The predicted octanol–water partition coefficient (Wildman–Crippen LogP) is 5.56. The number of benzene rings is 3. The lowest BCUT2D eigenvalue weighted by atomic mass is 9.62. The SMILES string of the molecule is CN(C)c1ccc(C(=O)N2CCC3(CC2)C(=O)N(c2ccc(F)cc2)C3c2ccc(Cl)cc2)cc1. The van der Waals surface area contributed by atoms with Crippen molar-refractivity contribution in [3.05, 3.63) is 94.8 Å². The first-order valence-corrected chi connectivity index (χ1v) is 12.1. The fraction of sp³-hybridized carbons (Fsp3) is 0.286. The van der Waals surface area contributed by atoms with Crippen molar-refractivity contribution in [2.45, 2.75) is 18.9 Å². The molecule has 1 unspecified atom stereocenters. The highest BCUT2D eigenvalue weighted by atomic mass is 35.5. The van der Waals surface area contributed by atoms with Gasteiger partial charge in [-0.25, -0.2) is 4.39 Å². The first kappa shape index (κ1) is 23.4. The van der Waals surface area contributed by atoms with Gasteiger partial charge in [-0.15, -0.1) is 0 Å². The van der Waals surface area contributed by atoms with E-state index in [0.717, 1.165) is 11.3 Å². The molecule has 3 aromatic rings. The van der Waals surface area contributed by atoms with Crippen LogP contribution < -0.4 is 9.80 Å². The predicted molar refractivity (Wildman–Crippen MR) is 136 cm³/mol. The summed E-state index contributed by atoms with van der Waals surface area (Å²) in [6.07, 6.45) is 1.14. The van der Waals surface area contributed by atoms with E-state index in [-0.39, 0.29) is 23.7 Å². The van der Waals surface area contributed by atoms with Crippen molar-refractivity contribution in [3.63, 3.8) is 0 Å². The van der Waals surface area contributed by atoms with E-state index in [2.05, 4.69) is 0 Å². The Morgan fingerprint density at radius 3 is 2.11 bits per heavy atom. The molecule has 0 saturated carbocycles. The second kappa shape index (κ2) is 9.00. The highest BCUT2D eigenvalue weighted by Gasteiger charge is 2.62. The van der Waals surface area contributed by atoms with Crippen molar-refractivity contribution in [1.29, 1.82) is 0 Å². The molecule has 1 spiro atoms. The van der Waals surface area contributed by atoms with Gasteiger partial charge in [0.15, 0.2) is 0 Å². The molecule has 0 bridgehead atoms. The Morgan fingerprint density at radius 2 is 1.54 bits per heavy atom. The molecule has 0 aliphatic carbocycles. The van der Waals surface area contributed by atoms with Crippen LogP contribution in [0, 0.1) is 11.2 Å². The van der Waals surface area contributed by atoms with Crippen molar-refractivity contribution >= 4 is 34.8 Å². The number of rotatable bonds is 4. The molecule has 7 heteroatoms. The van der Waals surface area contributed by atoms with Crippen LogP contribution >= 0.6 is 11.6 Å². The van der Waals surface area contributed by atoms with E-state index in [4.69, 9.17) is 11.6 Å². The Bertz CT molecular complexity index is 1230. The van der Waals surface area contributed by atoms with Gasteiger partial charge >= 0.3 is 0 Å². The molecule has 2 aliphatic heterocycles. The first-order chi connectivity index (χ1) is 16.8. The number of anilines is 2. The third-order valence-corrected chi connectivity index (χ3v) is 7.54. The molecule has 2 heterocycles. The third kappa shape index (κ3) is 4.06. The van der Waals surface area contributed by atoms with Crippen LogP contribution in [0.25, 0.3) is 0 Å². The quantitative estimate of drug-likeness (QED) is 0.449. The molecular weight excluding hydrogens is 465 g/mol. The summed E-state index contributed by atoms with van der Waals surface area (Å²) in [6.45, 7) is 1.00. The number of piperidine rings is 1. The summed E-state index contributed by atoms with van der Waals surface area (Å²) in [4.78, 5) is 32.4. The van der Waals surface area contributed by atoms with Crippen LogP contribution in [0.3, 0.4) is 0 Å². The summed E-state index contributed by atoms with van der Waals surface area (Å²) in [5, 5.41) is 0.627. The van der Waals surface area contributed by atoms with Crippen LogP contribution in [-0.4, -0.2) is 43.9 Å². The molecule has 3 aromatic carbocycles. The van der Waals surface area contributed by atoms with E-state index < -0.39 is 5.41 Å². The van der Waals surface area contributed by atoms with Gasteiger partial charge in [0.25, 0.3) is 5.91 Å². The zero-order valence-corrected chi connectivity index (χ0v) is 20.5. The lowest BCUT2D eigenvalue weighted by Gasteiger charge is -2.59. The third-order valence-electron chi connectivity index (χ3n) is 7.29. The van der Waals surface area contributed by atoms with Gasteiger partial charge in [-0.3, -0.25) is 9.59 Å². The Balaban J connectivity index is 1.39. The standard InChI is InChI=1S/C28H27ClFN3O2/c1-31(2)23-11-5-20(6-12-23)26(34)32-17-15-28(16-18-32)25(19-3-7-21(29)8-4-19)33(27(28)35)24-13-9-22(30)10-14-24/h3-14,25H,15-18H2,1-2H3. The van der Waals surface area contributed by atoms with Crippen molar-refractivity contribution in [3.8, 4) is 0 Å². The second-order valence-electron chi connectivity index (χ2n) is 9.50. The Morgan fingerprint density at radius 1 is 0.943 bits per heavy atom. The minimum Gasteiger partial charge on any atom is -0.378 e. The first-order valence-electron chi connectivity index (χ1n) is 11.7. The molecule has 5 nitrogen and oxygen atoms in total. The van der Waals surface area contributed by atoms with Crippen LogP contribution in [0.1, 0.15) is 34.8 Å². The fourth-order valence-electron chi connectivity index (χ4n) is 5.32. The second-order valence-corrected chi connectivity index (χ2v) is 9.93. The molecule has 0 N–H and O–H groups in total. The molecule has 2 fully saturated rings. The summed E-state index contributed by atoms with van der Waals surface area (Å²) in [5.41, 5.74) is 2.73. The average Bonchev–Trinajstić information content (AvgIpc) is 2.88. The summed E-state index contributed by atoms with van der Waals surface area (Å²) >= 11 is 6.12. The highest BCUT2D eigenvalue weighted by molar-refractivity contribution is 6.30. The minimum absolute atomic E-state index is 0.0182. The summed E-state index contributed by atoms with van der Waals surface area (Å²) in [6, 6.07) is 20.9. The smallest absolute Gasteiger partial charge is 0.253 e. The maximum atomic E-state index is 13.6. The Kier molecular flexibility index (Phi) is 6.01. The monoisotopic (exact) mass is 491 g/mol. The minimum atomic E-state index is -0.603. The van der Waals surface area contributed by atoms with Gasteiger partial charge in [-0.2, -0.15) is 0 Å². The Labute approximate surface area is 209 Å². The van der Waals surface area contributed by atoms with Crippen LogP contribution in [0.15, 0.2) is 72.8 Å². The molecule has 0 aromatic heterocycles. The van der Waals surface area contributed by atoms with Crippen molar-refractivity contribution in [2.75, 3.05) is 37.0 Å². The van der Waals surface area contributed by atoms with Gasteiger partial charge in [0.1, 0.15) is 5.82 Å². The summed E-state index contributed by atoms with van der Waals surface area (Å²) in [5.74, 6) is -0.341. The largest absolute Gasteiger partial charge is 0.378 e. The number of carbonyl (C=O) groups is 2. The molecule has 180 valence electrons. The maximum absolute atomic E-state index is 13.6. The van der Waals surface area contributed by atoms with Gasteiger partial charge in [-0.1, -0.05) is 23.7 Å². The fourth-order valence-corrected chi connectivity index (χ4v) is 5.44. The molecule has 5 rings (SSSR count). The number of halogens is 2. The molecule has 1 atom stereocenters. The van der Waals surface area contributed by atoms with E-state index in [1.54, 1.807) is 17.0 Å². The van der Waals surface area contributed by atoms with E-state index in [0.29, 0.717) is 42.2 Å². The number of β-lactam (4-membered cyclic amide) rings is 1. The normalized spacial score (nSPS) is 19.0. The van der Waals surface area contributed by atoms with Crippen LogP contribution in [-0.2, 0) is 4.79 Å². The van der Waals surface area contributed by atoms with E-state index >= 15 is 0 Å². The number of likely N-dealkylation sites (tertiary alicyclic amines) is 1. The highest BCUT2D eigenvalue weighted by Crippen LogP contribution is 2.57. The number of nitrogens with zero attached hydrogens (tertiary/aromatic N) is 3. The van der Waals surface area contributed by atoms with Crippen LogP contribution in [0.2, 0.25) is 5.02 Å². The molecular formula is C28H27ClFN3O2. The van der Waals surface area contributed by atoms with E-state index in [1.807, 2.05) is 72.4 Å². The zero-order valence-electron chi connectivity index (χ0n) is 19.7. The van der Waals surface area contributed by atoms with Crippen molar-refractivity contribution in [1.82, 2.24) is 4.90 Å². The van der Waals surface area contributed by atoms with Crippen molar-refractivity contribution < 1.29 is 14.0 Å². The van der Waals surface area contributed by atoms with Gasteiger partial charge < -0.3 is 14.7 Å². The summed E-state index contributed by atoms with van der Waals surface area (Å²) < 4.78 is 13.5. The van der Waals surface area contributed by atoms with Gasteiger partial charge in [0.05, 0.1) is 11.5 Å².